The number of amides is 1. The lowest BCUT2D eigenvalue weighted by molar-refractivity contribution is -0.193. The van der Waals surface area contributed by atoms with Gasteiger partial charge in [-0.3, -0.25) is 8.98 Å². The third-order valence-electron chi connectivity index (χ3n) is 6.02. The predicted octanol–water partition coefficient (Wildman–Crippen LogP) is 4.36. The molecule has 0 aliphatic heterocycles. The predicted molar refractivity (Wildman–Crippen MR) is 146 cm³/mol. The van der Waals surface area contributed by atoms with Crippen molar-refractivity contribution in [2.45, 2.75) is 112 Å². The van der Waals surface area contributed by atoms with Crippen LogP contribution in [0.1, 0.15) is 75.7 Å². The average molecular weight is 584 g/mol. The molecular weight excluding hydrogens is 534 g/mol. The van der Waals surface area contributed by atoms with Crippen LogP contribution in [0.3, 0.4) is 0 Å². The summed E-state index contributed by atoms with van der Waals surface area (Å²) >= 11 is 0. The number of rotatable bonds is 15. The minimum Gasteiger partial charge on any atom is -0.431 e. The first-order valence-electron chi connectivity index (χ1n) is 12.9. The Morgan fingerprint density at radius 1 is 0.921 bits per heavy atom. The van der Waals surface area contributed by atoms with E-state index in [2.05, 4.69) is 5.32 Å². The number of esters is 1. The van der Waals surface area contributed by atoms with E-state index in [1.807, 2.05) is 33.9 Å². The van der Waals surface area contributed by atoms with Gasteiger partial charge in [0.2, 0.25) is 5.91 Å². The van der Waals surface area contributed by atoms with Crippen molar-refractivity contribution in [3.63, 3.8) is 0 Å². The second-order valence-corrected chi connectivity index (χ2v) is 18.7. The summed E-state index contributed by atoms with van der Waals surface area (Å²) in [6, 6.07) is 0. The zero-order valence-corrected chi connectivity index (χ0v) is 26.9. The normalized spacial score (nSPS) is 14.7. The molecule has 1 unspecified atom stereocenters. The Hall–Kier alpha value is -1.70. The largest absolute Gasteiger partial charge is 0.511 e. The van der Waals surface area contributed by atoms with Crippen molar-refractivity contribution in [1.29, 1.82) is 0 Å². The number of hydrogen-bond acceptors (Lipinski definition) is 10. The van der Waals surface area contributed by atoms with Crippen LogP contribution in [0.4, 0.5) is 4.79 Å². The van der Waals surface area contributed by atoms with Gasteiger partial charge in [-0.15, -0.1) is 0 Å². The van der Waals surface area contributed by atoms with Crippen molar-refractivity contribution in [1.82, 2.24) is 5.32 Å². The zero-order valence-electron chi connectivity index (χ0n) is 25.1. The highest BCUT2D eigenvalue weighted by Gasteiger charge is 2.47. The Morgan fingerprint density at radius 2 is 1.47 bits per heavy atom. The summed E-state index contributed by atoms with van der Waals surface area (Å²) in [6.07, 6.45) is -3.68. The van der Waals surface area contributed by atoms with Gasteiger partial charge in [-0.05, 0) is 38.4 Å². The van der Waals surface area contributed by atoms with Gasteiger partial charge in [0.15, 0.2) is 14.4 Å². The molecule has 0 aliphatic rings. The van der Waals surface area contributed by atoms with Gasteiger partial charge < -0.3 is 24.0 Å². The minimum absolute atomic E-state index is 0.175. The Labute approximate surface area is 229 Å². The van der Waals surface area contributed by atoms with Gasteiger partial charge in [0.25, 0.3) is 16.4 Å². The SMILES string of the molecule is CC(=O)NCCCS(=O)(=O)OCC(C)(C)[C@@H](O[Si](C)(C)C(C)(C)C)C(=O)OC(OC(=O)OC(C)C)C(C)C. The standard InChI is InChI=1S/C25H49NO10SSi/c1-17(2)22(35-23(29)33-18(3)4)34-21(28)20(36-38(11,12)24(6,7)8)25(9,10)16-32-37(30,31)15-13-14-26-19(5)27/h17-18,20,22H,13-16H2,1-12H3,(H,26,27)/t20-,22?/m0/s1. The van der Waals surface area contributed by atoms with Gasteiger partial charge in [0.05, 0.1) is 18.5 Å². The Kier molecular flexibility index (Phi) is 14.0. The van der Waals surface area contributed by atoms with Crippen LogP contribution < -0.4 is 5.32 Å². The molecule has 224 valence electrons. The number of ether oxygens (including phenoxy) is 3. The van der Waals surface area contributed by atoms with E-state index in [0.29, 0.717) is 0 Å². The van der Waals surface area contributed by atoms with Crippen LogP contribution in [0.2, 0.25) is 18.1 Å². The molecule has 0 heterocycles. The summed E-state index contributed by atoms with van der Waals surface area (Å²) in [5.74, 6) is -1.75. The van der Waals surface area contributed by atoms with E-state index in [1.54, 1.807) is 41.5 Å². The number of hydrogen-bond donors (Lipinski definition) is 1. The van der Waals surface area contributed by atoms with Gasteiger partial charge >= 0.3 is 12.1 Å². The smallest absolute Gasteiger partial charge is 0.431 e. The topological polar surface area (TPSA) is 144 Å². The van der Waals surface area contributed by atoms with E-state index < -0.39 is 60.4 Å². The molecule has 2 atom stereocenters. The van der Waals surface area contributed by atoms with E-state index in [4.69, 9.17) is 22.8 Å². The number of nitrogens with one attached hydrogen (secondary N) is 1. The van der Waals surface area contributed by atoms with E-state index in [9.17, 15) is 22.8 Å². The highest BCUT2D eigenvalue weighted by molar-refractivity contribution is 7.86. The maximum atomic E-state index is 13.5. The molecule has 0 aromatic rings. The Bertz CT molecular complexity index is 894. The van der Waals surface area contributed by atoms with Crippen molar-refractivity contribution in [3.05, 3.63) is 0 Å². The summed E-state index contributed by atoms with van der Waals surface area (Å²) in [7, 11) is -6.50. The first kappa shape index (κ1) is 36.3. The van der Waals surface area contributed by atoms with E-state index in [0.717, 1.165) is 0 Å². The highest BCUT2D eigenvalue weighted by atomic mass is 32.2. The molecule has 1 N–H and O–H groups in total. The van der Waals surface area contributed by atoms with Gasteiger partial charge in [0.1, 0.15) is 0 Å². The van der Waals surface area contributed by atoms with Crippen molar-refractivity contribution < 1.29 is 45.6 Å². The maximum Gasteiger partial charge on any atom is 0.511 e. The zero-order chi connectivity index (χ0) is 30.1. The van der Waals surface area contributed by atoms with E-state index in [-0.39, 0.29) is 36.3 Å². The van der Waals surface area contributed by atoms with E-state index in [1.165, 1.54) is 6.92 Å². The molecule has 0 bridgehead atoms. The number of carbonyl (C=O) groups is 3. The third kappa shape index (κ3) is 13.4. The molecule has 38 heavy (non-hydrogen) atoms. The second kappa shape index (κ2) is 14.6. The molecule has 0 saturated heterocycles. The van der Waals surface area contributed by atoms with Crippen LogP contribution in [-0.4, -0.2) is 72.2 Å². The average Bonchev–Trinajstić information content (AvgIpc) is 2.71. The molecule has 0 rings (SSSR count). The third-order valence-corrected chi connectivity index (χ3v) is 11.7. The molecular formula is C25H49NO10SSi. The summed E-state index contributed by atoms with van der Waals surface area (Å²) in [5.41, 5.74) is -1.14. The molecule has 0 aromatic carbocycles. The lowest BCUT2D eigenvalue weighted by Gasteiger charge is -2.43. The maximum absolute atomic E-state index is 13.5. The van der Waals surface area contributed by atoms with Crippen LogP contribution in [0.15, 0.2) is 0 Å². The summed E-state index contributed by atoms with van der Waals surface area (Å²) in [4.78, 5) is 36.6. The summed E-state index contributed by atoms with van der Waals surface area (Å²) in [6.45, 7) is 21.2. The van der Waals surface area contributed by atoms with Crippen molar-refractivity contribution in [3.8, 4) is 0 Å². The van der Waals surface area contributed by atoms with Crippen LogP contribution in [0, 0.1) is 11.3 Å². The van der Waals surface area contributed by atoms with Crippen LogP contribution in [0.5, 0.6) is 0 Å². The lowest BCUT2D eigenvalue weighted by Crippen LogP contribution is -2.53. The van der Waals surface area contributed by atoms with E-state index >= 15 is 0 Å². The van der Waals surface area contributed by atoms with Crippen LogP contribution >= 0.6 is 0 Å². The molecule has 0 saturated carbocycles. The fourth-order valence-corrected chi connectivity index (χ4v) is 5.13. The Morgan fingerprint density at radius 3 is 1.92 bits per heavy atom. The summed E-state index contributed by atoms with van der Waals surface area (Å²) < 4.78 is 52.5. The van der Waals surface area contributed by atoms with Crippen LogP contribution in [-0.2, 0) is 42.5 Å². The lowest BCUT2D eigenvalue weighted by atomic mass is 9.87. The van der Waals surface area contributed by atoms with Crippen LogP contribution in [0.25, 0.3) is 0 Å². The molecule has 0 fully saturated rings. The first-order valence-corrected chi connectivity index (χ1v) is 17.4. The number of carbonyl (C=O) groups excluding carboxylic acids is 3. The molecule has 0 aliphatic carbocycles. The molecule has 13 heteroatoms. The van der Waals surface area contributed by atoms with Crippen molar-refractivity contribution in [2.75, 3.05) is 18.9 Å². The highest BCUT2D eigenvalue weighted by Crippen LogP contribution is 2.40. The summed E-state index contributed by atoms with van der Waals surface area (Å²) in [5, 5.41) is 2.26. The monoisotopic (exact) mass is 583 g/mol. The second-order valence-electron chi connectivity index (χ2n) is 12.2. The fourth-order valence-electron chi connectivity index (χ4n) is 2.68. The first-order chi connectivity index (χ1) is 17.0. The van der Waals surface area contributed by atoms with Gasteiger partial charge in [-0.2, -0.15) is 8.42 Å². The fraction of sp³-hybridized carbons (Fsp3) is 0.880. The minimum atomic E-state index is -3.94. The molecule has 0 spiro atoms. The quantitative estimate of drug-likeness (QED) is 0.0970. The van der Waals surface area contributed by atoms with Gasteiger partial charge in [0, 0.05) is 24.8 Å². The molecule has 0 aromatic heterocycles. The molecule has 0 radical (unpaired) electrons. The molecule has 1 amide bonds. The van der Waals surface area contributed by atoms with Crippen molar-refractivity contribution in [2.24, 2.45) is 11.3 Å². The Balaban J connectivity index is 5.85. The van der Waals surface area contributed by atoms with Crippen molar-refractivity contribution >= 4 is 36.5 Å². The van der Waals surface area contributed by atoms with Gasteiger partial charge in [-0.1, -0.05) is 48.5 Å². The molecule has 11 nitrogen and oxygen atoms in total. The van der Waals surface area contributed by atoms with Gasteiger partial charge in [-0.25, -0.2) is 9.59 Å².